The Morgan fingerprint density at radius 1 is 1.06 bits per heavy atom. The van der Waals surface area contributed by atoms with E-state index in [9.17, 15) is 14.3 Å². The van der Waals surface area contributed by atoms with Crippen LogP contribution in [-0.2, 0) is 11.2 Å². The summed E-state index contributed by atoms with van der Waals surface area (Å²) in [6, 6.07) is 13.2. The molecule has 1 aromatic heterocycles. The second-order valence-corrected chi connectivity index (χ2v) is 7.83. The number of thioether (sulfide) groups is 1. The van der Waals surface area contributed by atoms with Crippen LogP contribution >= 0.6 is 11.8 Å². The van der Waals surface area contributed by atoms with Gasteiger partial charge >= 0.3 is 0 Å². The number of aromatic hydroxyl groups is 1. The summed E-state index contributed by atoms with van der Waals surface area (Å²) in [4.78, 5) is 14.3. The maximum atomic E-state index is 13.2. The molecule has 0 bridgehead atoms. The predicted molar refractivity (Wildman–Crippen MR) is 130 cm³/mol. The Hall–Kier alpha value is -2.80. The van der Waals surface area contributed by atoms with Gasteiger partial charge in [0, 0.05) is 18.3 Å². The number of carbonyl (C=O) groups excluding carboxylic acids is 1. The van der Waals surface area contributed by atoms with E-state index in [1.807, 2.05) is 57.8 Å². The number of hydrogen-bond acceptors (Lipinski definition) is 4. The predicted octanol–water partition coefficient (Wildman–Crippen LogP) is 5.89. The van der Waals surface area contributed by atoms with Gasteiger partial charge in [-0.25, -0.2) is 9.07 Å². The number of aryl methyl sites for hydroxylation is 1. The molecule has 2 heterocycles. The minimum Gasteiger partial charge on any atom is -0.508 e. The van der Waals surface area contributed by atoms with Gasteiger partial charge in [0.2, 0.25) is 5.91 Å². The Morgan fingerprint density at radius 3 is 2.31 bits per heavy atom. The Bertz CT molecular complexity index is 987. The van der Waals surface area contributed by atoms with Crippen molar-refractivity contribution in [2.75, 3.05) is 12.3 Å². The van der Waals surface area contributed by atoms with Gasteiger partial charge in [-0.05, 0) is 55.3 Å². The number of benzene rings is 2. The average Bonchev–Trinajstić information content (AvgIpc) is 3.38. The first-order chi connectivity index (χ1) is 15.5. The SMILES string of the molecule is CC.CC.Cc1nn(-c2ccc(F)cc2)cc1C1SCC(=O)N1CCc1ccc(O)cc1. The number of phenolic OH excluding ortho intramolecular Hbond substituents is 1. The van der Waals surface area contributed by atoms with Crippen molar-refractivity contribution in [1.82, 2.24) is 14.7 Å². The normalized spacial score (nSPS) is 15.0. The van der Waals surface area contributed by atoms with Crippen molar-refractivity contribution < 1.29 is 14.3 Å². The Labute approximate surface area is 194 Å². The standard InChI is InChI=1S/C21H20FN3O2S.2C2H6/c1-14-19(12-25(23-14)17-6-4-16(22)5-7-17)21-24(20(27)13-28-21)11-10-15-2-8-18(26)9-3-15;2*1-2/h2-9,12,21,26H,10-11,13H2,1H3;2*1-2H3. The highest BCUT2D eigenvalue weighted by atomic mass is 32.2. The lowest BCUT2D eigenvalue weighted by atomic mass is 10.1. The van der Waals surface area contributed by atoms with E-state index in [0.717, 1.165) is 22.5 Å². The Morgan fingerprint density at radius 2 is 1.69 bits per heavy atom. The van der Waals surface area contributed by atoms with E-state index >= 15 is 0 Å². The van der Waals surface area contributed by atoms with Gasteiger partial charge in [0.25, 0.3) is 0 Å². The zero-order chi connectivity index (χ0) is 23.7. The fraction of sp³-hybridized carbons (Fsp3) is 0.360. The molecule has 0 saturated carbocycles. The van der Waals surface area contributed by atoms with Gasteiger partial charge in [-0.1, -0.05) is 39.8 Å². The Balaban J connectivity index is 0.000000860. The largest absolute Gasteiger partial charge is 0.508 e. The maximum Gasteiger partial charge on any atom is 0.233 e. The highest BCUT2D eigenvalue weighted by Gasteiger charge is 2.34. The van der Waals surface area contributed by atoms with Crippen molar-refractivity contribution in [3.05, 3.63) is 77.4 Å². The summed E-state index contributed by atoms with van der Waals surface area (Å²) in [6.07, 6.45) is 2.64. The molecule has 7 heteroatoms. The summed E-state index contributed by atoms with van der Waals surface area (Å²) in [7, 11) is 0. The van der Waals surface area contributed by atoms with Crippen molar-refractivity contribution in [2.24, 2.45) is 0 Å². The first-order valence-electron chi connectivity index (χ1n) is 11.0. The number of hydrogen-bond donors (Lipinski definition) is 1. The number of rotatable bonds is 5. The quantitative estimate of drug-likeness (QED) is 0.519. The molecule has 1 N–H and O–H groups in total. The summed E-state index contributed by atoms with van der Waals surface area (Å²) in [5, 5.41) is 13.9. The van der Waals surface area contributed by atoms with Crippen molar-refractivity contribution in [3.8, 4) is 11.4 Å². The van der Waals surface area contributed by atoms with E-state index in [-0.39, 0.29) is 22.8 Å². The molecule has 1 saturated heterocycles. The number of carbonyl (C=O) groups is 1. The van der Waals surface area contributed by atoms with Crippen LogP contribution in [-0.4, -0.2) is 38.0 Å². The third-order valence-electron chi connectivity index (χ3n) is 4.84. The third-order valence-corrected chi connectivity index (χ3v) is 6.08. The molecule has 3 aromatic rings. The fourth-order valence-electron chi connectivity index (χ4n) is 3.31. The number of halogens is 1. The lowest BCUT2D eigenvalue weighted by Crippen LogP contribution is -2.30. The van der Waals surface area contributed by atoms with Crippen molar-refractivity contribution in [3.63, 3.8) is 0 Å². The summed E-state index contributed by atoms with van der Waals surface area (Å²) in [6.45, 7) is 10.5. The van der Waals surface area contributed by atoms with Gasteiger partial charge in [-0.3, -0.25) is 4.79 Å². The fourth-order valence-corrected chi connectivity index (χ4v) is 4.59. The summed E-state index contributed by atoms with van der Waals surface area (Å²) < 4.78 is 14.9. The Kier molecular flexibility index (Phi) is 9.78. The van der Waals surface area contributed by atoms with Gasteiger partial charge in [0.1, 0.15) is 16.9 Å². The van der Waals surface area contributed by atoms with Crippen LogP contribution in [0.3, 0.4) is 0 Å². The van der Waals surface area contributed by atoms with Gasteiger partial charge in [0.05, 0.1) is 17.1 Å². The van der Waals surface area contributed by atoms with Crippen molar-refractivity contribution in [2.45, 2.75) is 46.4 Å². The number of amides is 1. The van der Waals surface area contributed by atoms with Crippen LogP contribution in [0.15, 0.2) is 54.7 Å². The van der Waals surface area contributed by atoms with Crippen molar-refractivity contribution >= 4 is 17.7 Å². The van der Waals surface area contributed by atoms with E-state index in [0.29, 0.717) is 18.7 Å². The molecule has 4 rings (SSSR count). The van der Waals surface area contributed by atoms with E-state index in [1.54, 1.807) is 40.7 Å². The van der Waals surface area contributed by atoms with E-state index < -0.39 is 0 Å². The average molecular weight is 458 g/mol. The van der Waals surface area contributed by atoms with Gasteiger partial charge < -0.3 is 10.0 Å². The summed E-state index contributed by atoms with van der Waals surface area (Å²) in [5.74, 6) is 0.507. The highest BCUT2D eigenvalue weighted by Crippen LogP contribution is 2.40. The minimum absolute atomic E-state index is 0.0844. The number of aromatic nitrogens is 2. The van der Waals surface area contributed by atoms with Crippen LogP contribution in [0.25, 0.3) is 5.69 Å². The van der Waals surface area contributed by atoms with Crippen molar-refractivity contribution in [1.29, 1.82) is 0 Å². The second-order valence-electron chi connectivity index (χ2n) is 6.76. The van der Waals surface area contributed by atoms with Crippen LogP contribution in [0.4, 0.5) is 4.39 Å². The molecule has 1 aliphatic rings. The van der Waals surface area contributed by atoms with Gasteiger partial charge in [-0.2, -0.15) is 5.10 Å². The number of phenols is 1. The van der Waals surface area contributed by atoms with Gasteiger partial charge in [0.15, 0.2) is 0 Å². The van der Waals surface area contributed by atoms with Crippen LogP contribution in [0.5, 0.6) is 5.75 Å². The van der Waals surface area contributed by atoms with Crippen LogP contribution in [0.2, 0.25) is 0 Å². The van der Waals surface area contributed by atoms with Crippen LogP contribution < -0.4 is 0 Å². The van der Waals surface area contributed by atoms with E-state index in [2.05, 4.69) is 5.10 Å². The summed E-state index contributed by atoms with van der Waals surface area (Å²) in [5.41, 5.74) is 3.69. The number of nitrogens with zero attached hydrogens (tertiary/aromatic N) is 3. The molecule has 0 radical (unpaired) electrons. The minimum atomic E-state index is -0.287. The second kappa shape index (κ2) is 12.3. The molecule has 32 heavy (non-hydrogen) atoms. The molecule has 1 unspecified atom stereocenters. The first kappa shape index (κ1) is 25.5. The lowest BCUT2D eigenvalue weighted by Gasteiger charge is -2.23. The highest BCUT2D eigenvalue weighted by molar-refractivity contribution is 8.00. The van der Waals surface area contributed by atoms with Crippen LogP contribution in [0, 0.1) is 12.7 Å². The first-order valence-corrected chi connectivity index (χ1v) is 12.1. The molecule has 1 fully saturated rings. The zero-order valence-corrected chi connectivity index (χ0v) is 20.2. The molecular formula is C25H32FN3O2S. The molecule has 1 atom stereocenters. The molecule has 1 amide bonds. The topological polar surface area (TPSA) is 58.4 Å². The molecule has 2 aromatic carbocycles. The van der Waals surface area contributed by atoms with E-state index in [4.69, 9.17) is 0 Å². The molecule has 1 aliphatic heterocycles. The third kappa shape index (κ3) is 6.13. The smallest absolute Gasteiger partial charge is 0.233 e. The molecular weight excluding hydrogens is 425 g/mol. The lowest BCUT2D eigenvalue weighted by molar-refractivity contribution is -0.128. The van der Waals surface area contributed by atoms with Gasteiger partial charge in [-0.15, -0.1) is 11.8 Å². The molecule has 0 aliphatic carbocycles. The molecule has 172 valence electrons. The maximum absolute atomic E-state index is 13.2. The van der Waals surface area contributed by atoms with Crippen LogP contribution in [0.1, 0.15) is 49.9 Å². The molecule has 0 spiro atoms. The zero-order valence-electron chi connectivity index (χ0n) is 19.4. The molecule has 5 nitrogen and oxygen atoms in total. The monoisotopic (exact) mass is 457 g/mol. The summed E-state index contributed by atoms with van der Waals surface area (Å²) >= 11 is 1.60. The van der Waals surface area contributed by atoms with E-state index in [1.165, 1.54) is 12.1 Å².